The van der Waals surface area contributed by atoms with Gasteiger partial charge < -0.3 is 9.47 Å². The van der Waals surface area contributed by atoms with E-state index in [0.29, 0.717) is 22.9 Å². The Bertz CT molecular complexity index is 413. The van der Waals surface area contributed by atoms with Gasteiger partial charge in [0, 0.05) is 12.2 Å². The van der Waals surface area contributed by atoms with Crippen LogP contribution in [0.3, 0.4) is 0 Å². The van der Waals surface area contributed by atoms with Crippen molar-refractivity contribution in [1.29, 1.82) is 0 Å². The summed E-state index contributed by atoms with van der Waals surface area (Å²) in [7, 11) is 1.52. The van der Waals surface area contributed by atoms with Gasteiger partial charge in [0.1, 0.15) is 11.4 Å². The summed E-state index contributed by atoms with van der Waals surface area (Å²) in [5, 5.41) is 0.485. The van der Waals surface area contributed by atoms with E-state index in [1.807, 2.05) is 6.92 Å². The molecule has 0 aliphatic carbocycles. The molecule has 0 aliphatic rings. The molecule has 1 aromatic carbocycles. The van der Waals surface area contributed by atoms with Crippen molar-refractivity contribution in [3.63, 3.8) is 0 Å². The molecule has 0 heterocycles. The van der Waals surface area contributed by atoms with Crippen molar-refractivity contribution in [2.75, 3.05) is 13.7 Å². The van der Waals surface area contributed by atoms with Crippen LogP contribution < -0.4 is 4.74 Å². The molecule has 0 unspecified atom stereocenters. The summed E-state index contributed by atoms with van der Waals surface area (Å²) in [6, 6.07) is 4.95. The average Bonchev–Trinajstić information content (AvgIpc) is 2.28. The van der Waals surface area contributed by atoms with Crippen LogP contribution in [0.4, 0.5) is 0 Å². The van der Waals surface area contributed by atoms with Crippen LogP contribution in [0.15, 0.2) is 18.2 Å². The predicted molar refractivity (Wildman–Crippen MR) is 68.0 cm³/mol. The molecular weight excluding hydrogens is 240 g/mol. The Hall–Kier alpha value is -1.06. The number of benzene rings is 1. The van der Waals surface area contributed by atoms with Gasteiger partial charge in [0.15, 0.2) is 5.78 Å². The summed E-state index contributed by atoms with van der Waals surface area (Å²) in [6.07, 6.45) is 0. The van der Waals surface area contributed by atoms with Crippen molar-refractivity contribution in [3.8, 4) is 5.75 Å². The standard InChI is InChI=1S/C13H17ClO3/c1-5-17-13(2,3)12(15)9-6-7-10(14)11(8-9)16-4/h6-8H,5H2,1-4H3. The number of carbonyl (C=O) groups excluding carboxylic acids is 1. The van der Waals surface area contributed by atoms with Gasteiger partial charge in [-0.1, -0.05) is 11.6 Å². The molecule has 0 saturated heterocycles. The number of rotatable bonds is 5. The molecule has 4 heteroatoms. The van der Waals surface area contributed by atoms with E-state index in [2.05, 4.69) is 0 Å². The van der Waals surface area contributed by atoms with Gasteiger partial charge in [0.2, 0.25) is 0 Å². The Morgan fingerprint density at radius 2 is 2.06 bits per heavy atom. The lowest BCUT2D eigenvalue weighted by Crippen LogP contribution is -2.35. The first-order valence-corrected chi connectivity index (χ1v) is 5.82. The molecule has 1 rings (SSSR count). The first kappa shape index (κ1) is 14.0. The molecule has 3 nitrogen and oxygen atoms in total. The number of ether oxygens (including phenoxy) is 2. The van der Waals surface area contributed by atoms with E-state index in [0.717, 1.165) is 0 Å². The third-order valence-electron chi connectivity index (χ3n) is 2.47. The molecule has 17 heavy (non-hydrogen) atoms. The van der Waals surface area contributed by atoms with Gasteiger partial charge >= 0.3 is 0 Å². The Labute approximate surface area is 107 Å². The van der Waals surface area contributed by atoms with Crippen molar-refractivity contribution < 1.29 is 14.3 Å². The number of Topliss-reactive ketones (excluding diaryl/α,β-unsaturated/α-hetero) is 1. The molecule has 0 aliphatic heterocycles. The van der Waals surface area contributed by atoms with Crippen LogP contribution in [-0.4, -0.2) is 25.1 Å². The number of hydrogen-bond donors (Lipinski definition) is 0. The zero-order chi connectivity index (χ0) is 13.1. The lowest BCUT2D eigenvalue weighted by Gasteiger charge is -2.23. The van der Waals surface area contributed by atoms with Gasteiger partial charge in [0.25, 0.3) is 0 Å². The van der Waals surface area contributed by atoms with Gasteiger partial charge in [-0.25, -0.2) is 0 Å². The summed E-state index contributed by atoms with van der Waals surface area (Å²) in [5.74, 6) is 0.402. The molecule has 0 N–H and O–H groups in total. The van der Waals surface area contributed by atoms with E-state index >= 15 is 0 Å². The van der Waals surface area contributed by atoms with Crippen LogP contribution in [0.25, 0.3) is 0 Å². The first-order chi connectivity index (χ1) is 7.92. The number of halogens is 1. The number of ketones is 1. The largest absolute Gasteiger partial charge is 0.495 e. The molecule has 0 bridgehead atoms. The Balaban J connectivity index is 3.04. The monoisotopic (exact) mass is 256 g/mol. The molecule has 1 aromatic rings. The molecule has 0 aromatic heterocycles. The quantitative estimate of drug-likeness (QED) is 0.758. The Kier molecular flexibility index (Phi) is 4.54. The number of carbonyl (C=O) groups is 1. The predicted octanol–water partition coefficient (Wildman–Crippen LogP) is 3.35. The summed E-state index contributed by atoms with van der Waals surface area (Å²) < 4.78 is 10.5. The smallest absolute Gasteiger partial charge is 0.194 e. The van der Waals surface area contributed by atoms with Gasteiger partial charge in [-0.2, -0.15) is 0 Å². The minimum atomic E-state index is -0.840. The van der Waals surface area contributed by atoms with Gasteiger partial charge in [-0.15, -0.1) is 0 Å². The van der Waals surface area contributed by atoms with E-state index in [1.54, 1.807) is 32.0 Å². The normalized spacial score (nSPS) is 11.4. The first-order valence-electron chi connectivity index (χ1n) is 5.44. The second-order valence-corrected chi connectivity index (χ2v) is 4.53. The molecule has 0 radical (unpaired) electrons. The minimum absolute atomic E-state index is 0.0886. The Morgan fingerprint density at radius 1 is 1.41 bits per heavy atom. The van der Waals surface area contributed by atoms with Crippen LogP contribution in [0.5, 0.6) is 5.75 Å². The molecule has 94 valence electrons. The van der Waals surface area contributed by atoms with Crippen LogP contribution in [0.2, 0.25) is 5.02 Å². The van der Waals surface area contributed by atoms with E-state index < -0.39 is 5.60 Å². The third-order valence-corrected chi connectivity index (χ3v) is 2.78. The third kappa shape index (κ3) is 3.20. The van der Waals surface area contributed by atoms with Crippen molar-refractivity contribution in [3.05, 3.63) is 28.8 Å². The topological polar surface area (TPSA) is 35.5 Å². The van der Waals surface area contributed by atoms with Crippen LogP contribution >= 0.6 is 11.6 Å². The highest BCUT2D eigenvalue weighted by Gasteiger charge is 2.29. The van der Waals surface area contributed by atoms with Gasteiger partial charge in [-0.3, -0.25) is 4.79 Å². The van der Waals surface area contributed by atoms with Crippen molar-refractivity contribution in [2.45, 2.75) is 26.4 Å². The number of methoxy groups -OCH3 is 1. The van der Waals surface area contributed by atoms with Crippen LogP contribution in [-0.2, 0) is 4.74 Å². The fourth-order valence-corrected chi connectivity index (χ4v) is 1.77. The zero-order valence-corrected chi connectivity index (χ0v) is 11.3. The summed E-state index contributed by atoms with van der Waals surface area (Å²) in [5.41, 5.74) is -0.308. The SMILES string of the molecule is CCOC(C)(C)C(=O)c1ccc(Cl)c(OC)c1. The second-order valence-electron chi connectivity index (χ2n) is 4.12. The highest BCUT2D eigenvalue weighted by molar-refractivity contribution is 6.32. The van der Waals surface area contributed by atoms with E-state index in [-0.39, 0.29) is 5.78 Å². The van der Waals surface area contributed by atoms with Crippen molar-refractivity contribution >= 4 is 17.4 Å². The molecule has 0 saturated carbocycles. The van der Waals surface area contributed by atoms with E-state index in [4.69, 9.17) is 21.1 Å². The fraction of sp³-hybridized carbons (Fsp3) is 0.462. The minimum Gasteiger partial charge on any atom is -0.495 e. The summed E-state index contributed by atoms with van der Waals surface area (Å²) in [4.78, 5) is 12.2. The average molecular weight is 257 g/mol. The highest BCUT2D eigenvalue weighted by Crippen LogP contribution is 2.27. The van der Waals surface area contributed by atoms with Crippen molar-refractivity contribution in [2.24, 2.45) is 0 Å². The van der Waals surface area contributed by atoms with Gasteiger partial charge in [0.05, 0.1) is 12.1 Å². The Morgan fingerprint density at radius 3 is 2.59 bits per heavy atom. The number of hydrogen-bond acceptors (Lipinski definition) is 3. The van der Waals surface area contributed by atoms with Gasteiger partial charge in [-0.05, 0) is 39.0 Å². The summed E-state index contributed by atoms with van der Waals surface area (Å²) in [6.45, 7) is 5.85. The van der Waals surface area contributed by atoms with Crippen LogP contribution in [0, 0.1) is 0 Å². The lowest BCUT2D eigenvalue weighted by molar-refractivity contribution is 0.00125. The van der Waals surface area contributed by atoms with E-state index in [9.17, 15) is 4.79 Å². The molecular formula is C13H17ClO3. The molecule has 0 atom stereocenters. The maximum atomic E-state index is 12.2. The lowest BCUT2D eigenvalue weighted by atomic mass is 9.96. The second kappa shape index (κ2) is 5.52. The van der Waals surface area contributed by atoms with Crippen molar-refractivity contribution in [1.82, 2.24) is 0 Å². The molecule has 0 amide bonds. The van der Waals surface area contributed by atoms with Crippen LogP contribution in [0.1, 0.15) is 31.1 Å². The fourth-order valence-electron chi connectivity index (χ4n) is 1.58. The maximum Gasteiger partial charge on any atom is 0.194 e. The summed E-state index contributed by atoms with van der Waals surface area (Å²) >= 11 is 5.91. The highest BCUT2D eigenvalue weighted by atomic mass is 35.5. The van der Waals surface area contributed by atoms with E-state index in [1.165, 1.54) is 7.11 Å². The molecule has 0 spiro atoms. The maximum absolute atomic E-state index is 12.2. The zero-order valence-electron chi connectivity index (χ0n) is 10.5. The molecule has 0 fully saturated rings.